The van der Waals surface area contributed by atoms with Crippen molar-refractivity contribution < 1.29 is 14.0 Å². The van der Waals surface area contributed by atoms with Crippen LogP contribution in [0.25, 0.3) is 6.08 Å². The summed E-state index contributed by atoms with van der Waals surface area (Å²) >= 11 is 0. The van der Waals surface area contributed by atoms with Gasteiger partial charge in [-0.05, 0) is 35.7 Å². The Labute approximate surface area is 205 Å². The van der Waals surface area contributed by atoms with Gasteiger partial charge in [-0.25, -0.2) is 4.39 Å². The summed E-state index contributed by atoms with van der Waals surface area (Å²) in [6.07, 6.45) is 4.61. The fourth-order valence-electron chi connectivity index (χ4n) is 4.79. The van der Waals surface area contributed by atoms with Gasteiger partial charge in [0, 0.05) is 39.3 Å². The molecule has 0 atom stereocenters. The molecule has 0 bridgehead atoms. The lowest BCUT2D eigenvalue weighted by Crippen LogP contribution is -2.46. The van der Waals surface area contributed by atoms with E-state index in [1.165, 1.54) is 16.5 Å². The van der Waals surface area contributed by atoms with E-state index < -0.39 is 0 Å². The van der Waals surface area contributed by atoms with Gasteiger partial charge in [0.1, 0.15) is 5.82 Å². The van der Waals surface area contributed by atoms with Gasteiger partial charge in [-0.3, -0.25) is 19.4 Å². The van der Waals surface area contributed by atoms with Gasteiger partial charge in [0.25, 0.3) is 11.8 Å². The molecule has 2 heterocycles. The number of benzene rings is 3. The summed E-state index contributed by atoms with van der Waals surface area (Å²) in [5.41, 5.74) is 3.42. The van der Waals surface area contributed by atoms with E-state index in [4.69, 9.17) is 0 Å². The fourth-order valence-corrected chi connectivity index (χ4v) is 4.79. The van der Waals surface area contributed by atoms with Crippen molar-refractivity contribution in [2.75, 3.05) is 44.2 Å². The zero-order valence-electron chi connectivity index (χ0n) is 19.6. The molecular weight excluding hydrogens is 441 g/mol. The number of nitrogens with zero attached hydrogens (tertiary/aromatic N) is 3. The number of amides is 2. The van der Waals surface area contributed by atoms with Crippen LogP contribution in [0.4, 0.5) is 10.1 Å². The molecule has 2 amide bonds. The van der Waals surface area contributed by atoms with Crippen LogP contribution in [-0.2, 0) is 6.42 Å². The summed E-state index contributed by atoms with van der Waals surface area (Å²) in [5.74, 6) is -0.903. The maximum Gasteiger partial charge on any atom is 0.263 e. The normalized spacial score (nSPS) is 16.4. The SMILES string of the molecule is O=C1c2cccc(N3CCN(C/C=C/c4ccccc4)CC3)c2C(=O)N1CCc1ccccc1F. The van der Waals surface area contributed by atoms with Crippen molar-refractivity contribution in [1.82, 2.24) is 9.80 Å². The highest BCUT2D eigenvalue weighted by Gasteiger charge is 2.38. The monoisotopic (exact) mass is 469 g/mol. The second-order valence-corrected chi connectivity index (χ2v) is 8.90. The number of anilines is 1. The van der Waals surface area contributed by atoms with Gasteiger partial charge in [0.15, 0.2) is 0 Å². The molecule has 0 saturated carbocycles. The van der Waals surface area contributed by atoms with Crippen molar-refractivity contribution in [3.63, 3.8) is 0 Å². The van der Waals surface area contributed by atoms with E-state index in [2.05, 4.69) is 34.1 Å². The molecule has 0 radical (unpaired) electrons. The van der Waals surface area contributed by atoms with Crippen LogP contribution in [0.1, 0.15) is 31.8 Å². The minimum absolute atomic E-state index is 0.161. The Morgan fingerprint density at radius 3 is 2.31 bits per heavy atom. The van der Waals surface area contributed by atoms with Crippen LogP contribution in [0, 0.1) is 5.82 Å². The van der Waals surface area contributed by atoms with Crippen LogP contribution in [0.15, 0.2) is 78.9 Å². The Morgan fingerprint density at radius 2 is 1.54 bits per heavy atom. The smallest absolute Gasteiger partial charge is 0.263 e. The van der Waals surface area contributed by atoms with Crippen molar-refractivity contribution in [1.29, 1.82) is 0 Å². The van der Waals surface area contributed by atoms with Gasteiger partial charge in [0.2, 0.25) is 0 Å². The molecule has 1 saturated heterocycles. The first kappa shape index (κ1) is 23.0. The highest BCUT2D eigenvalue weighted by molar-refractivity contribution is 6.23. The van der Waals surface area contributed by atoms with Gasteiger partial charge in [0.05, 0.1) is 16.8 Å². The lowest BCUT2D eigenvalue weighted by Gasteiger charge is -2.36. The van der Waals surface area contributed by atoms with Crippen LogP contribution < -0.4 is 4.90 Å². The zero-order valence-corrected chi connectivity index (χ0v) is 19.6. The molecule has 2 aliphatic rings. The molecule has 6 heteroatoms. The van der Waals surface area contributed by atoms with Crippen LogP contribution in [0.2, 0.25) is 0 Å². The molecule has 0 aromatic heterocycles. The number of hydrogen-bond acceptors (Lipinski definition) is 4. The Hall–Kier alpha value is -3.77. The molecule has 3 aromatic rings. The minimum atomic E-state index is -0.318. The highest BCUT2D eigenvalue weighted by Crippen LogP contribution is 2.32. The van der Waals surface area contributed by atoms with E-state index in [1.54, 1.807) is 24.3 Å². The zero-order chi connectivity index (χ0) is 24.2. The topological polar surface area (TPSA) is 43.9 Å². The predicted octanol–water partition coefficient (Wildman–Crippen LogP) is 4.50. The Morgan fingerprint density at radius 1 is 0.800 bits per heavy atom. The van der Waals surface area contributed by atoms with Gasteiger partial charge < -0.3 is 4.90 Å². The average Bonchev–Trinajstić information content (AvgIpc) is 3.14. The van der Waals surface area contributed by atoms with E-state index in [0.29, 0.717) is 23.1 Å². The average molecular weight is 470 g/mol. The minimum Gasteiger partial charge on any atom is -0.368 e. The third-order valence-electron chi connectivity index (χ3n) is 6.73. The second-order valence-electron chi connectivity index (χ2n) is 8.90. The molecule has 3 aromatic carbocycles. The number of fused-ring (bicyclic) bond motifs is 1. The quantitative estimate of drug-likeness (QED) is 0.478. The molecule has 2 aliphatic heterocycles. The van der Waals surface area contributed by atoms with Crippen molar-refractivity contribution in [2.45, 2.75) is 6.42 Å². The van der Waals surface area contributed by atoms with E-state index >= 15 is 0 Å². The van der Waals surface area contributed by atoms with Crippen LogP contribution in [0.3, 0.4) is 0 Å². The first-order chi connectivity index (χ1) is 17.1. The molecular formula is C29H28FN3O2. The summed E-state index contributed by atoms with van der Waals surface area (Å²) in [5, 5.41) is 0. The summed E-state index contributed by atoms with van der Waals surface area (Å²) in [7, 11) is 0. The lowest BCUT2D eigenvalue weighted by molar-refractivity contribution is 0.0656. The molecule has 0 N–H and O–H groups in total. The van der Waals surface area contributed by atoms with Crippen LogP contribution >= 0.6 is 0 Å². The maximum atomic E-state index is 14.0. The highest BCUT2D eigenvalue weighted by atomic mass is 19.1. The molecule has 178 valence electrons. The summed E-state index contributed by atoms with van der Waals surface area (Å²) in [4.78, 5) is 32.1. The summed E-state index contributed by atoms with van der Waals surface area (Å²) in [6, 6.07) is 22.2. The molecule has 5 nitrogen and oxygen atoms in total. The molecule has 35 heavy (non-hydrogen) atoms. The van der Waals surface area contributed by atoms with Gasteiger partial charge in [-0.2, -0.15) is 0 Å². The van der Waals surface area contributed by atoms with E-state index in [9.17, 15) is 14.0 Å². The van der Waals surface area contributed by atoms with Gasteiger partial charge in [-0.15, -0.1) is 0 Å². The molecule has 1 fully saturated rings. The third-order valence-corrected chi connectivity index (χ3v) is 6.73. The predicted molar refractivity (Wildman–Crippen MR) is 136 cm³/mol. The first-order valence-electron chi connectivity index (χ1n) is 12.0. The van der Waals surface area contributed by atoms with E-state index in [-0.39, 0.29) is 24.2 Å². The van der Waals surface area contributed by atoms with Crippen molar-refractivity contribution in [3.05, 3.63) is 107 Å². The maximum absolute atomic E-state index is 14.0. The molecule has 0 aliphatic carbocycles. The van der Waals surface area contributed by atoms with E-state index in [0.717, 1.165) is 38.4 Å². The van der Waals surface area contributed by atoms with E-state index in [1.807, 2.05) is 30.3 Å². The van der Waals surface area contributed by atoms with Gasteiger partial charge >= 0.3 is 0 Å². The number of carbonyl (C=O) groups excluding carboxylic acids is 2. The Bertz CT molecular complexity index is 1250. The van der Waals surface area contributed by atoms with Crippen molar-refractivity contribution >= 4 is 23.6 Å². The lowest BCUT2D eigenvalue weighted by atomic mass is 10.1. The van der Waals surface area contributed by atoms with Crippen molar-refractivity contribution in [3.8, 4) is 0 Å². The largest absolute Gasteiger partial charge is 0.368 e. The number of rotatable bonds is 7. The van der Waals surface area contributed by atoms with Crippen molar-refractivity contribution in [2.24, 2.45) is 0 Å². The molecule has 0 spiro atoms. The summed E-state index contributed by atoms with van der Waals surface area (Å²) in [6.45, 7) is 4.35. The number of imide groups is 1. The standard InChI is InChI=1S/C29H28FN3O2/c30-25-13-5-4-11-23(25)15-17-33-28(34)24-12-6-14-26(27(24)29(33)35)32-20-18-31(19-21-32)16-7-10-22-8-2-1-3-9-22/h1-14H,15-21H2/b10-7+. The van der Waals surface area contributed by atoms with Gasteiger partial charge in [-0.1, -0.05) is 66.7 Å². The first-order valence-corrected chi connectivity index (χ1v) is 12.0. The number of piperazine rings is 1. The third kappa shape index (κ3) is 4.88. The van der Waals surface area contributed by atoms with Crippen LogP contribution in [0.5, 0.6) is 0 Å². The fraction of sp³-hybridized carbons (Fsp3) is 0.241. The number of carbonyl (C=O) groups is 2. The second kappa shape index (κ2) is 10.2. The number of halogens is 1. The molecule has 0 unspecified atom stereocenters. The van der Waals surface area contributed by atoms with Crippen LogP contribution in [-0.4, -0.2) is 60.9 Å². The summed E-state index contributed by atoms with van der Waals surface area (Å²) < 4.78 is 14.0. The number of hydrogen-bond donors (Lipinski definition) is 0. The Kier molecular flexibility index (Phi) is 6.73. The Balaban J connectivity index is 1.23. The molecule has 5 rings (SSSR count).